The molecule has 3 atom stereocenters. The molecule has 22 heavy (non-hydrogen) atoms. The zero-order valence-corrected chi connectivity index (χ0v) is 11.6. The minimum absolute atomic E-state index is 0.0274. The molecule has 0 saturated carbocycles. The molecule has 2 unspecified atom stereocenters. The third-order valence-electron chi connectivity index (χ3n) is 4.31. The van der Waals surface area contributed by atoms with E-state index in [2.05, 4.69) is 5.43 Å². The highest BCUT2D eigenvalue weighted by Gasteiger charge is 2.54. The topological polar surface area (TPSA) is 64.6 Å². The Balaban J connectivity index is 1.94. The van der Waals surface area contributed by atoms with Gasteiger partial charge in [0.1, 0.15) is 0 Å². The number of halogens is 3. The maximum absolute atomic E-state index is 13.3. The van der Waals surface area contributed by atoms with E-state index in [4.69, 9.17) is 0 Å². The summed E-state index contributed by atoms with van der Waals surface area (Å²) in [7, 11) is 0. The lowest BCUT2D eigenvalue weighted by atomic mass is 9.94. The summed E-state index contributed by atoms with van der Waals surface area (Å²) in [5, 5.41) is 9.62. The number of rotatable bonds is 2. The number of aliphatic hydroxyl groups excluding tert-OH is 1. The van der Waals surface area contributed by atoms with E-state index >= 15 is 0 Å². The Bertz CT molecular complexity index is 579. The van der Waals surface area contributed by atoms with E-state index in [0.717, 1.165) is 11.1 Å². The number of nitrogens with zero attached hydrogens (tertiary/aromatic N) is 1. The quantitative estimate of drug-likeness (QED) is 0.752. The van der Waals surface area contributed by atoms with Gasteiger partial charge in [-0.15, -0.1) is 0 Å². The summed E-state index contributed by atoms with van der Waals surface area (Å²) < 4.78 is 39.8. The van der Waals surface area contributed by atoms with E-state index < -0.39 is 30.1 Å². The molecule has 0 aliphatic carbocycles. The zero-order chi connectivity index (χ0) is 15.9. The fraction of sp³-hybridized carbons (Fsp3) is 0.500. The summed E-state index contributed by atoms with van der Waals surface area (Å²) in [5.41, 5.74) is 6.26. The van der Waals surface area contributed by atoms with E-state index in [1.807, 2.05) is 17.6 Å². The summed E-state index contributed by atoms with van der Waals surface area (Å²) in [4.78, 5) is 13.3. The molecule has 120 valence electrons. The molecular weight excluding hydrogens is 299 g/mol. The number of aliphatic hydroxyl groups is 1. The van der Waals surface area contributed by atoms with E-state index in [1.165, 1.54) is 0 Å². The van der Waals surface area contributed by atoms with Crippen LogP contribution in [0.2, 0.25) is 0 Å². The van der Waals surface area contributed by atoms with Crippen LogP contribution in [0.1, 0.15) is 17.2 Å². The first-order chi connectivity index (χ1) is 10.4. The zero-order valence-electron chi connectivity index (χ0n) is 11.6. The number of carbonyl (C=O) groups is 1. The van der Waals surface area contributed by atoms with Gasteiger partial charge in [0.25, 0.3) is 0 Å². The molecule has 2 aliphatic heterocycles. The summed E-state index contributed by atoms with van der Waals surface area (Å²) >= 11 is 0. The van der Waals surface area contributed by atoms with E-state index in [1.54, 1.807) is 17.0 Å². The number of carbonyl (C=O) groups excluding carboxylic acids is 1. The molecule has 1 aromatic carbocycles. The molecule has 2 aliphatic rings. The largest absolute Gasteiger partial charge is 0.402 e. The normalized spacial score (nSPS) is 29.3. The third-order valence-corrected chi connectivity index (χ3v) is 4.31. The number of benzene rings is 1. The molecule has 1 aromatic rings. The summed E-state index contributed by atoms with van der Waals surface area (Å²) in [6.45, 7) is -0.0340. The second-order valence-electron chi connectivity index (χ2n) is 5.53. The monoisotopic (exact) mass is 315 g/mol. The van der Waals surface area contributed by atoms with Gasteiger partial charge in [-0.1, -0.05) is 24.3 Å². The van der Waals surface area contributed by atoms with Crippen LogP contribution in [-0.2, 0) is 11.3 Å². The third kappa shape index (κ3) is 2.47. The van der Waals surface area contributed by atoms with Crippen molar-refractivity contribution in [3.8, 4) is 0 Å². The number of amides is 1. The van der Waals surface area contributed by atoms with Crippen molar-refractivity contribution >= 4 is 5.91 Å². The maximum Gasteiger partial charge on any atom is 0.402 e. The van der Waals surface area contributed by atoms with Crippen LogP contribution in [0.4, 0.5) is 13.2 Å². The summed E-state index contributed by atoms with van der Waals surface area (Å²) in [6, 6.07) is 5.64. The van der Waals surface area contributed by atoms with Crippen molar-refractivity contribution in [1.82, 2.24) is 15.8 Å². The Morgan fingerprint density at radius 2 is 2.05 bits per heavy atom. The molecule has 1 saturated heterocycles. The number of hydrogen-bond acceptors (Lipinski definition) is 4. The highest BCUT2D eigenvalue weighted by Crippen LogP contribution is 2.40. The first-order valence-corrected chi connectivity index (χ1v) is 6.97. The van der Waals surface area contributed by atoms with E-state index in [0.29, 0.717) is 0 Å². The van der Waals surface area contributed by atoms with Crippen molar-refractivity contribution < 1.29 is 23.1 Å². The van der Waals surface area contributed by atoms with E-state index in [-0.39, 0.29) is 19.7 Å². The van der Waals surface area contributed by atoms with Gasteiger partial charge in [0.15, 0.2) is 5.92 Å². The Labute approximate surface area is 125 Å². The molecule has 3 rings (SSSR count). The Morgan fingerprint density at radius 3 is 2.73 bits per heavy atom. The number of hydrogen-bond donors (Lipinski definition) is 3. The van der Waals surface area contributed by atoms with Crippen LogP contribution >= 0.6 is 0 Å². The standard InChI is InChI=1S/C14H16F3N3O2/c15-14(16,17)12-10(5-18-19-13(12)22)20-6-8-3-1-2-4-9(8)11(20)7-21/h1-4,10-12,18,21H,5-7H2,(H,19,22)/t10?,11-,12?/m1/s1. The van der Waals surface area contributed by atoms with Crippen molar-refractivity contribution in [2.75, 3.05) is 13.2 Å². The van der Waals surface area contributed by atoms with Crippen molar-refractivity contribution in [1.29, 1.82) is 0 Å². The molecule has 8 heteroatoms. The van der Waals surface area contributed by atoms with Crippen LogP contribution in [0.3, 0.4) is 0 Å². The van der Waals surface area contributed by atoms with Gasteiger partial charge in [-0.25, -0.2) is 5.43 Å². The fourth-order valence-electron chi connectivity index (χ4n) is 3.33. The van der Waals surface area contributed by atoms with Gasteiger partial charge in [-0.3, -0.25) is 15.1 Å². The SMILES string of the molecule is O=C1NNCC(N2Cc3ccccc3[C@H]2CO)C1C(F)(F)F. The van der Waals surface area contributed by atoms with Crippen LogP contribution in [-0.4, -0.2) is 41.3 Å². The number of fused-ring (bicyclic) bond motifs is 1. The molecular formula is C14H16F3N3O2. The van der Waals surface area contributed by atoms with Gasteiger partial charge >= 0.3 is 6.18 Å². The Kier molecular flexibility index (Phi) is 3.84. The minimum Gasteiger partial charge on any atom is -0.394 e. The van der Waals surface area contributed by atoms with Gasteiger partial charge in [0.2, 0.25) is 5.91 Å². The number of hydrazine groups is 1. The maximum atomic E-state index is 13.3. The van der Waals surface area contributed by atoms with Crippen LogP contribution in [0.15, 0.2) is 24.3 Å². The van der Waals surface area contributed by atoms with Gasteiger partial charge in [0, 0.05) is 19.1 Å². The summed E-state index contributed by atoms with van der Waals surface area (Å²) in [6.07, 6.45) is -4.63. The average molecular weight is 315 g/mol. The average Bonchev–Trinajstić information content (AvgIpc) is 2.84. The van der Waals surface area contributed by atoms with Crippen LogP contribution < -0.4 is 10.9 Å². The van der Waals surface area contributed by atoms with Crippen LogP contribution in [0.25, 0.3) is 0 Å². The van der Waals surface area contributed by atoms with Gasteiger partial charge in [-0.2, -0.15) is 13.2 Å². The molecule has 0 aromatic heterocycles. The second kappa shape index (κ2) is 5.53. The highest BCUT2D eigenvalue weighted by molar-refractivity contribution is 5.80. The minimum atomic E-state index is -4.63. The first kappa shape index (κ1) is 15.3. The van der Waals surface area contributed by atoms with Crippen LogP contribution in [0, 0.1) is 5.92 Å². The molecule has 1 amide bonds. The molecule has 2 heterocycles. The predicted molar refractivity (Wildman–Crippen MR) is 71.3 cm³/mol. The molecule has 0 bridgehead atoms. The molecule has 0 radical (unpaired) electrons. The molecule has 3 N–H and O–H groups in total. The van der Waals surface area contributed by atoms with Crippen molar-refractivity contribution in [2.24, 2.45) is 5.92 Å². The Morgan fingerprint density at radius 1 is 1.32 bits per heavy atom. The summed E-state index contributed by atoms with van der Waals surface area (Å²) in [5.74, 6) is -3.20. The fourth-order valence-corrected chi connectivity index (χ4v) is 3.33. The molecule has 1 fully saturated rings. The lowest BCUT2D eigenvalue weighted by molar-refractivity contribution is -0.203. The molecule has 0 spiro atoms. The Hall–Kier alpha value is -1.64. The number of alkyl halides is 3. The second-order valence-corrected chi connectivity index (χ2v) is 5.53. The predicted octanol–water partition coefficient (Wildman–Crippen LogP) is 0.717. The lowest BCUT2D eigenvalue weighted by Gasteiger charge is -2.40. The van der Waals surface area contributed by atoms with Crippen LogP contribution in [0.5, 0.6) is 0 Å². The van der Waals surface area contributed by atoms with Crippen molar-refractivity contribution in [2.45, 2.75) is 24.8 Å². The lowest BCUT2D eigenvalue weighted by Crippen LogP contribution is -2.64. The highest BCUT2D eigenvalue weighted by atomic mass is 19.4. The van der Waals surface area contributed by atoms with Crippen molar-refractivity contribution in [3.63, 3.8) is 0 Å². The van der Waals surface area contributed by atoms with Gasteiger partial charge in [-0.05, 0) is 11.1 Å². The van der Waals surface area contributed by atoms with Gasteiger partial charge in [0.05, 0.1) is 12.6 Å². The van der Waals surface area contributed by atoms with E-state index in [9.17, 15) is 23.1 Å². The first-order valence-electron chi connectivity index (χ1n) is 6.97. The smallest absolute Gasteiger partial charge is 0.394 e. The molecule has 5 nitrogen and oxygen atoms in total. The van der Waals surface area contributed by atoms with Gasteiger partial charge < -0.3 is 5.11 Å². The van der Waals surface area contributed by atoms with Crippen molar-refractivity contribution in [3.05, 3.63) is 35.4 Å². The number of nitrogens with one attached hydrogen (secondary N) is 2.